The van der Waals surface area contributed by atoms with E-state index in [9.17, 15) is 14.7 Å². The molecule has 1 saturated heterocycles. The molecule has 9 nitrogen and oxygen atoms in total. The molecule has 1 aromatic heterocycles. The lowest BCUT2D eigenvalue weighted by molar-refractivity contribution is 0.102. The zero-order valence-electron chi connectivity index (χ0n) is 20.2. The standard InChI is InChI=1S/C26H29N5O4.ClH/c1-30-13-4-14-31(16-15-30)19-9-7-18(8-10-19)25(33)29-24-21(5-3-6-22(24)32)26(34)28-23-12-11-20(35-2)17-27-23;/h3,5-12,17,32H,4,13-16H2,1-2H3,(H,29,33)(H,27,28,34);1H. The first-order chi connectivity index (χ1) is 16.9. The molecule has 36 heavy (non-hydrogen) atoms. The number of amides is 2. The van der Waals surface area contributed by atoms with Crippen LogP contribution in [0.4, 0.5) is 17.2 Å². The number of halogens is 1. The quantitative estimate of drug-likeness (QED) is 0.431. The molecule has 4 rings (SSSR count). The summed E-state index contributed by atoms with van der Waals surface area (Å²) < 4.78 is 5.07. The van der Waals surface area contributed by atoms with Gasteiger partial charge in [0.2, 0.25) is 0 Å². The number of phenols is 1. The lowest BCUT2D eigenvalue weighted by Gasteiger charge is -2.23. The Bertz CT molecular complexity index is 1190. The van der Waals surface area contributed by atoms with E-state index in [1.807, 2.05) is 12.1 Å². The van der Waals surface area contributed by atoms with Crippen molar-refractivity contribution in [3.63, 3.8) is 0 Å². The highest BCUT2D eigenvalue weighted by atomic mass is 35.5. The van der Waals surface area contributed by atoms with E-state index in [4.69, 9.17) is 4.74 Å². The molecule has 0 atom stereocenters. The second-order valence-corrected chi connectivity index (χ2v) is 8.38. The van der Waals surface area contributed by atoms with Crippen LogP contribution in [0.2, 0.25) is 0 Å². The minimum Gasteiger partial charge on any atom is -0.506 e. The lowest BCUT2D eigenvalue weighted by Crippen LogP contribution is -2.28. The van der Waals surface area contributed by atoms with Gasteiger partial charge in [-0.05, 0) is 68.5 Å². The summed E-state index contributed by atoms with van der Waals surface area (Å²) in [7, 11) is 3.65. The summed E-state index contributed by atoms with van der Waals surface area (Å²) in [6, 6.07) is 15.1. The fraction of sp³-hybridized carbons (Fsp3) is 0.269. The molecule has 10 heteroatoms. The summed E-state index contributed by atoms with van der Waals surface area (Å²) in [5, 5.41) is 15.7. The Morgan fingerprint density at radius 3 is 2.42 bits per heavy atom. The third kappa shape index (κ3) is 6.44. The maximum Gasteiger partial charge on any atom is 0.259 e. The number of para-hydroxylation sites is 1. The molecule has 190 valence electrons. The number of phenolic OH excluding ortho intramolecular Hbond substituents is 1. The zero-order chi connectivity index (χ0) is 24.8. The van der Waals surface area contributed by atoms with Gasteiger partial charge in [0.25, 0.3) is 11.8 Å². The van der Waals surface area contributed by atoms with E-state index >= 15 is 0 Å². The summed E-state index contributed by atoms with van der Waals surface area (Å²) in [5.74, 6) is -0.283. The van der Waals surface area contributed by atoms with Crippen molar-refractivity contribution in [1.82, 2.24) is 9.88 Å². The average molecular weight is 512 g/mol. The topological polar surface area (TPSA) is 107 Å². The fourth-order valence-corrected chi connectivity index (χ4v) is 3.93. The van der Waals surface area contributed by atoms with Crippen LogP contribution in [0.15, 0.2) is 60.8 Å². The van der Waals surface area contributed by atoms with Crippen LogP contribution in [0.1, 0.15) is 27.1 Å². The van der Waals surface area contributed by atoms with E-state index in [-0.39, 0.29) is 29.4 Å². The molecule has 1 aliphatic heterocycles. The van der Waals surface area contributed by atoms with Crippen molar-refractivity contribution in [2.45, 2.75) is 6.42 Å². The van der Waals surface area contributed by atoms with Crippen molar-refractivity contribution in [2.24, 2.45) is 0 Å². The first-order valence-corrected chi connectivity index (χ1v) is 11.4. The molecule has 0 radical (unpaired) electrons. The molecule has 3 aromatic rings. The Balaban J connectivity index is 0.00000361. The second kappa shape index (κ2) is 12.2. The molecular formula is C26H30ClN5O4. The summed E-state index contributed by atoms with van der Waals surface area (Å²) in [6.45, 7) is 3.96. The molecule has 0 saturated carbocycles. The SMILES string of the molecule is COc1ccc(NC(=O)c2cccc(O)c2NC(=O)c2ccc(N3CCCN(C)CC3)cc2)nc1.Cl. The van der Waals surface area contributed by atoms with Crippen LogP contribution in [-0.4, -0.2) is 67.1 Å². The van der Waals surface area contributed by atoms with Crippen LogP contribution in [0.5, 0.6) is 11.5 Å². The summed E-state index contributed by atoms with van der Waals surface area (Å²) >= 11 is 0. The number of carbonyl (C=O) groups is 2. The highest BCUT2D eigenvalue weighted by molar-refractivity contribution is 6.13. The summed E-state index contributed by atoms with van der Waals surface area (Å²) in [6.07, 6.45) is 2.57. The smallest absolute Gasteiger partial charge is 0.259 e. The zero-order valence-corrected chi connectivity index (χ0v) is 21.0. The normalized spacial score (nSPS) is 13.8. The molecular weight excluding hydrogens is 482 g/mol. The van der Waals surface area contributed by atoms with Crippen molar-refractivity contribution >= 4 is 41.4 Å². The Morgan fingerprint density at radius 2 is 1.72 bits per heavy atom. The van der Waals surface area contributed by atoms with Crippen LogP contribution in [0, 0.1) is 0 Å². The van der Waals surface area contributed by atoms with Gasteiger partial charge in [-0.25, -0.2) is 4.98 Å². The Kier molecular flexibility index (Phi) is 9.10. The number of hydrogen-bond donors (Lipinski definition) is 3. The number of pyridine rings is 1. The molecule has 0 unspecified atom stereocenters. The number of ether oxygens (including phenoxy) is 1. The third-order valence-electron chi connectivity index (χ3n) is 5.95. The minimum atomic E-state index is -0.518. The first-order valence-electron chi connectivity index (χ1n) is 11.4. The van der Waals surface area contributed by atoms with Gasteiger partial charge < -0.3 is 30.3 Å². The van der Waals surface area contributed by atoms with Crippen molar-refractivity contribution in [1.29, 1.82) is 0 Å². The highest BCUT2D eigenvalue weighted by Crippen LogP contribution is 2.29. The first kappa shape index (κ1) is 26.8. The molecule has 1 fully saturated rings. The number of rotatable bonds is 6. The summed E-state index contributed by atoms with van der Waals surface area (Å²) in [5.41, 5.74) is 1.63. The van der Waals surface area contributed by atoms with Crippen LogP contribution < -0.4 is 20.3 Å². The number of carbonyl (C=O) groups excluding carboxylic acids is 2. The van der Waals surface area contributed by atoms with Crippen molar-refractivity contribution in [3.8, 4) is 11.5 Å². The van der Waals surface area contributed by atoms with E-state index in [1.54, 1.807) is 24.3 Å². The van der Waals surface area contributed by atoms with Crippen LogP contribution in [0.3, 0.4) is 0 Å². The highest BCUT2D eigenvalue weighted by Gasteiger charge is 2.19. The number of nitrogens with one attached hydrogen (secondary N) is 2. The van der Waals surface area contributed by atoms with Gasteiger partial charge in [0.1, 0.15) is 17.3 Å². The van der Waals surface area contributed by atoms with Crippen LogP contribution in [0.25, 0.3) is 0 Å². The largest absolute Gasteiger partial charge is 0.506 e. The molecule has 2 aromatic carbocycles. The maximum absolute atomic E-state index is 13.0. The number of likely N-dealkylation sites (N-methyl/N-ethyl adjacent to an activating group) is 1. The van der Waals surface area contributed by atoms with E-state index in [0.29, 0.717) is 17.1 Å². The van der Waals surface area contributed by atoms with Crippen LogP contribution in [-0.2, 0) is 0 Å². The van der Waals surface area contributed by atoms with Gasteiger partial charge >= 0.3 is 0 Å². The molecule has 1 aliphatic rings. The number of benzene rings is 2. The van der Waals surface area contributed by atoms with Crippen molar-refractivity contribution < 1.29 is 19.4 Å². The predicted molar refractivity (Wildman–Crippen MR) is 143 cm³/mol. The summed E-state index contributed by atoms with van der Waals surface area (Å²) in [4.78, 5) is 34.6. The van der Waals surface area contributed by atoms with Gasteiger partial charge in [-0.1, -0.05) is 6.07 Å². The number of anilines is 3. The second-order valence-electron chi connectivity index (χ2n) is 8.38. The van der Waals surface area contributed by atoms with Crippen molar-refractivity contribution in [2.75, 3.05) is 55.9 Å². The minimum absolute atomic E-state index is 0. The van der Waals surface area contributed by atoms with Gasteiger partial charge in [-0.2, -0.15) is 0 Å². The van der Waals surface area contributed by atoms with Gasteiger partial charge in [0.15, 0.2) is 0 Å². The molecule has 0 bridgehead atoms. The number of aromatic hydroxyl groups is 1. The Labute approximate surface area is 216 Å². The third-order valence-corrected chi connectivity index (χ3v) is 5.95. The van der Waals surface area contributed by atoms with Gasteiger partial charge in [0.05, 0.1) is 24.6 Å². The van der Waals surface area contributed by atoms with E-state index in [0.717, 1.165) is 38.3 Å². The van der Waals surface area contributed by atoms with E-state index in [1.165, 1.54) is 31.5 Å². The maximum atomic E-state index is 13.0. The number of nitrogens with zero attached hydrogens (tertiary/aromatic N) is 3. The molecule has 3 N–H and O–H groups in total. The molecule has 0 aliphatic carbocycles. The lowest BCUT2D eigenvalue weighted by atomic mass is 10.1. The fourth-order valence-electron chi connectivity index (χ4n) is 3.93. The van der Waals surface area contributed by atoms with Gasteiger partial charge in [-0.15, -0.1) is 12.4 Å². The molecule has 2 heterocycles. The Morgan fingerprint density at radius 1 is 0.944 bits per heavy atom. The van der Waals surface area contributed by atoms with Gasteiger partial charge in [-0.3, -0.25) is 9.59 Å². The number of hydrogen-bond acceptors (Lipinski definition) is 7. The van der Waals surface area contributed by atoms with E-state index in [2.05, 4.69) is 32.5 Å². The Hall–Kier alpha value is -3.82. The van der Waals surface area contributed by atoms with E-state index < -0.39 is 11.8 Å². The van der Waals surface area contributed by atoms with Crippen LogP contribution >= 0.6 is 12.4 Å². The van der Waals surface area contributed by atoms with Gasteiger partial charge in [0, 0.05) is 30.9 Å². The number of methoxy groups -OCH3 is 1. The molecule has 2 amide bonds. The molecule has 0 spiro atoms. The number of aromatic nitrogens is 1. The van der Waals surface area contributed by atoms with Crippen molar-refractivity contribution in [3.05, 3.63) is 71.9 Å². The average Bonchev–Trinajstić information content (AvgIpc) is 3.10. The predicted octanol–water partition coefficient (Wildman–Crippen LogP) is 3.86. The monoisotopic (exact) mass is 511 g/mol.